The summed E-state index contributed by atoms with van der Waals surface area (Å²) >= 11 is 0. The molecule has 1 aliphatic rings. The third kappa shape index (κ3) is 5.77. The first-order valence-corrected chi connectivity index (χ1v) is 12.1. The van der Waals surface area contributed by atoms with Crippen LogP contribution in [0.25, 0.3) is 0 Å². The minimum absolute atomic E-state index is 0.00630. The zero-order chi connectivity index (χ0) is 29.2. The summed E-state index contributed by atoms with van der Waals surface area (Å²) in [5, 5.41) is 22.0. The van der Waals surface area contributed by atoms with Crippen LogP contribution in [0.2, 0.25) is 0 Å². The molecule has 2 aromatic carbocycles. The van der Waals surface area contributed by atoms with Gasteiger partial charge in [-0.15, -0.1) is 0 Å². The van der Waals surface area contributed by atoms with Gasteiger partial charge in [0.1, 0.15) is 17.0 Å². The average molecular weight is 563 g/mol. The first kappa shape index (κ1) is 30.1. The predicted molar refractivity (Wildman–Crippen MR) is 127 cm³/mol. The molecule has 2 aromatic rings. The number of ether oxygens (including phenoxy) is 1. The number of amides is 3. The fourth-order valence-corrected chi connectivity index (χ4v) is 4.36. The van der Waals surface area contributed by atoms with E-state index in [0.717, 1.165) is 11.0 Å². The van der Waals surface area contributed by atoms with E-state index in [4.69, 9.17) is 4.74 Å². The fourth-order valence-electron chi connectivity index (χ4n) is 4.36. The molecule has 1 unspecified atom stereocenters. The van der Waals surface area contributed by atoms with Gasteiger partial charge < -0.3 is 20.3 Å². The van der Waals surface area contributed by atoms with Crippen molar-refractivity contribution >= 4 is 11.9 Å². The van der Waals surface area contributed by atoms with Crippen molar-refractivity contribution < 1.29 is 50.9 Å². The van der Waals surface area contributed by atoms with Gasteiger partial charge in [-0.1, -0.05) is 31.5 Å². The second-order valence-corrected chi connectivity index (χ2v) is 9.40. The third-order valence-electron chi connectivity index (χ3n) is 6.55. The lowest BCUT2D eigenvalue weighted by Gasteiger charge is -2.33. The summed E-state index contributed by atoms with van der Waals surface area (Å²) in [6.07, 6.45) is -10.9. The number of rotatable bonds is 10. The van der Waals surface area contributed by atoms with Gasteiger partial charge in [0.25, 0.3) is 11.5 Å². The number of phenolic OH excluding ortho intramolecular Hbond substituents is 1. The van der Waals surface area contributed by atoms with Crippen molar-refractivity contribution in [3.05, 3.63) is 59.2 Å². The number of nitrogens with one attached hydrogen (secondary N) is 1. The number of benzene rings is 2. The maximum atomic E-state index is 13.3. The van der Waals surface area contributed by atoms with Crippen LogP contribution in [0.4, 0.5) is 31.1 Å². The molecule has 214 valence electrons. The van der Waals surface area contributed by atoms with Crippen molar-refractivity contribution in [1.29, 1.82) is 0 Å². The van der Waals surface area contributed by atoms with Crippen LogP contribution >= 0.6 is 0 Å². The Morgan fingerprint density at radius 2 is 1.67 bits per heavy atom. The molecule has 1 heterocycles. The van der Waals surface area contributed by atoms with Gasteiger partial charge in [-0.3, -0.25) is 9.69 Å². The van der Waals surface area contributed by atoms with E-state index in [2.05, 4.69) is 5.32 Å². The Kier molecular flexibility index (Phi) is 8.44. The van der Waals surface area contributed by atoms with Crippen LogP contribution in [-0.2, 0) is 22.4 Å². The maximum absolute atomic E-state index is 13.3. The number of phenols is 1. The molecular weight excluding hydrogens is 534 g/mol. The van der Waals surface area contributed by atoms with Crippen molar-refractivity contribution in [3.8, 4) is 11.5 Å². The largest absolute Gasteiger partial charge is 0.508 e. The number of carbonyl (C=O) groups excluding carboxylic acids is 2. The second kappa shape index (κ2) is 10.9. The summed E-state index contributed by atoms with van der Waals surface area (Å²) in [5.41, 5.74) is -7.28. The van der Waals surface area contributed by atoms with E-state index in [1.807, 2.05) is 0 Å². The second-order valence-electron chi connectivity index (χ2n) is 9.40. The van der Waals surface area contributed by atoms with Crippen molar-refractivity contribution in [2.45, 2.75) is 63.0 Å². The number of nitrogens with zero attached hydrogens (tertiary/aromatic N) is 1. The van der Waals surface area contributed by atoms with Crippen LogP contribution in [0.3, 0.4) is 0 Å². The minimum Gasteiger partial charge on any atom is -0.508 e. The average Bonchev–Trinajstić information content (AvgIpc) is 3.06. The quantitative estimate of drug-likeness (QED) is 0.208. The van der Waals surface area contributed by atoms with Crippen LogP contribution < -0.4 is 10.1 Å². The molecule has 39 heavy (non-hydrogen) atoms. The Morgan fingerprint density at radius 3 is 2.26 bits per heavy atom. The van der Waals surface area contributed by atoms with Gasteiger partial charge in [-0.2, -0.15) is 26.3 Å². The lowest BCUT2D eigenvalue weighted by Crippen LogP contribution is -2.53. The van der Waals surface area contributed by atoms with Crippen molar-refractivity contribution in [3.63, 3.8) is 0 Å². The molecule has 0 spiro atoms. The van der Waals surface area contributed by atoms with E-state index in [1.54, 1.807) is 19.1 Å². The lowest BCUT2D eigenvalue weighted by molar-refractivity contribution is -0.376. The number of hydrogen-bond acceptors (Lipinski definition) is 5. The van der Waals surface area contributed by atoms with Crippen LogP contribution in [0.5, 0.6) is 11.5 Å². The van der Waals surface area contributed by atoms with E-state index in [-0.39, 0.29) is 36.6 Å². The molecule has 13 heteroatoms. The number of imide groups is 1. The van der Waals surface area contributed by atoms with E-state index >= 15 is 0 Å². The highest BCUT2D eigenvalue weighted by Crippen LogP contribution is 2.50. The number of carbonyl (C=O) groups is 2. The molecule has 1 saturated heterocycles. The lowest BCUT2D eigenvalue weighted by atomic mass is 9.90. The number of urea groups is 1. The molecule has 1 aliphatic heterocycles. The van der Waals surface area contributed by atoms with Gasteiger partial charge in [-0.05, 0) is 61.6 Å². The van der Waals surface area contributed by atoms with Gasteiger partial charge in [0.2, 0.25) is 0 Å². The monoisotopic (exact) mass is 562 g/mol. The number of aliphatic hydroxyl groups is 1. The van der Waals surface area contributed by atoms with Crippen molar-refractivity contribution in [2.75, 3.05) is 13.2 Å². The summed E-state index contributed by atoms with van der Waals surface area (Å²) in [6, 6.07) is 7.47. The Labute approximate surface area is 220 Å². The molecule has 3 N–H and O–H groups in total. The Morgan fingerprint density at radius 1 is 1.00 bits per heavy atom. The van der Waals surface area contributed by atoms with Crippen molar-refractivity contribution in [1.82, 2.24) is 10.2 Å². The first-order chi connectivity index (χ1) is 18.1. The standard InChI is InChI=1S/C26H28F6N2O5/c1-3-7-16-14-18(24(38,25(27,28)29)26(30,31)32)10-11-20(16)39-13-5-4-12-34-21(36)23(2,33-22(34)37)17-8-6-9-19(35)15-17/h6,8-11,14-15,35,38H,3-5,7,12-13H2,1-2H3,(H,33,37). The van der Waals surface area contributed by atoms with Gasteiger partial charge in [0.05, 0.1) is 6.61 Å². The number of halogens is 6. The van der Waals surface area contributed by atoms with E-state index in [1.165, 1.54) is 19.1 Å². The molecule has 7 nitrogen and oxygen atoms in total. The number of aryl methyl sites for hydroxylation is 1. The number of alkyl halides is 6. The molecule has 3 amide bonds. The van der Waals surface area contributed by atoms with Crippen LogP contribution in [0.1, 0.15) is 49.8 Å². The molecule has 1 fully saturated rings. The summed E-state index contributed by atoms with van der Waals surface area (Å²) in [4.78, 5) is 26.4. The van der Waals surface area contributed by atoms with Gasteiger partial charge >= 0.3 is 18.4 Å². The number of aromatic hydroxyl groups is 1. The highest BCUT2D eigenvalue weighted by atomic mass is 19.4. The molecule has 1 atom stereocenters. The zero-order valence-corrected chi connectivity index (χ0v) is 21.1. The molecule has 0 bridgehead atoms. The smallest absolute Gasteiger partial charge is 0.430 e. The van der Waals surface area contributed by atoms with Gasteiger partial charge in [0.15, 0.2) is 0 Å². The Balaban J connectivity index is 1.64. The molecule has 0 saturated carbocycles. The minimum atomic E-state index is -5.99. The fraction of sp³-hybridized carbons (Fsp3) is 0.462. The molecule has 0 aliphatic carbocycles. The van der Waals surface area contributed by atoms with E-state index < -0.39 is 41.0 Å². The highest BCUT2D eigenvalue weighted by Gasteiger charge is 2.71. The maximum Gasteiger partial charge on any atom is 0.430 e. The highest BCUT2D eigenvalue weighted by molar-refractivity contribution is 6.07. The van der Waals surface area contributed by atoms with Crippen molar-refractivity contribution in [2.24, 2.45) is 0 Å². The zero-order valence-electron chi connectivity index (χ0n) is 21.1. The predicted octanol–water partition coefficient (Wildman–Crippen LogP) is 5.28. The number of hydrogen-bond donors (Lipinski definition) is 3. The molecular formula is C26H28F6N2O5. The summed E-state index contributed by atoms with van der Waals surface area (Å²) in [6.45, 7) is 3.24. The summed E-state index contributed by atoms with van der Waals surface area (Å²) < 4.78 is 85.2. The Bertz CT molecular complexity index is 1200. The summed E-state index contributed by atoms with van der Waals surface area (Å²) in [7, 11) is 0. The van der Waals surface area contributed by atoms with Gasteiger partial charge in [-0.25, -0.2) is 4.79 Å². The van der Waals surface area contributed by atoms with Gasteiger partial charge in [0, 0.05) is 12.1 Å². The summed E-state index contributed by atoms with van der Waals surface area (Å²) in [5.74, 6) is -0.510. The van der Waals surface area contributed by atoms with E-state index in [9.17, 15) is 46.1 Å². The van der Waals surface area contributed by atoms with E-state index in [0.29, 0.717) is 37.0 Å². The van der Waals surface area contributed by atoms with Crippen LogP contribution in [-0.4, -0.2) is 52.6 Å². The molecule has 0 aromatic heterocycles. The topological polar surface area (TPSA) is 99.1 Å². The normalized spacial score (nSPS) is 18.4. The third-order valence-corrected chi connectivity index (χ3v) is 6.55. The van der Waals surface area contributed by atoms with Crippen LogP contribution in [0, 0.1) is 0 Å². The Hall–Kier alpha value is -3.48. The molecule has 0 radical (unpaired) electrons. The SMILES string of the molecule is CCCc1cc(C(O)(C(F)(F)F)C(F)(F)F)ccc1OCCCCN1C(=O)NC(C)(c2cccc(O)c2)C1=O. The molecule has 3 rings (SSSR count). The first-order valence-electron chi connectivity index (χ1n) is 12.1. The number of unbranched alkanes of at least 4 members (excludes halogenated alkanes) is 1. The van der Waals surface area contributed by atoms with Crippen LogP contribution in [0.15, 0.2) is 42.5 Å².